The van der Waals surface area contributed by atoms with E-state index in [1.54, 1.807) is 11.2 Å². The smallest absolute Gasteiger partial charge is 0.213 e. The lowest BCUT2D eigenvalue weighted by Gasteiger charge is -2.30. The van der Waals surface area contributed by atoms with Crippen molar-refractivity contribution in [2.45, 2.75) is 19.8 Å². The highest BCUT2D eigenvalue weighted by molar-refractivity contribution is 7.89. The van der Waals surface area contributed by atoms with Crippen molar-refractivity contribution < 1.29 is 13.2 Å². The Labute approximate surface area is 98.0 Å². The number of nitrogens with zero attached hydrogens (tertiary/aromatic N) is 1. The SMILES string of the molecule is C#CCOCC1CCN(S(=O)(=O)CC)CC1. The lowest BCUT2D eigenvalue weighted by molar-refractivity contribution is 0.101. The maximum absolute atomic E-state index is 11.6. The predicted octanol–water partition coefficient (Wildman–Crippen LogP) is 0.698. The summed E-state index contributed by atoms with van der Waals surface area (Å²) in [7, 11) is -3.01. The first-order valence-corrected chi connectivity index (χ1v) is 7.20. The largest absolute Gasteiger partial charge is 0.369 e. The molecule has 1 aliphatic heterocycles. The van der Waals surface area contributed by atoms with Crippen molar-refractivity contribution in [1.82, 2.24) is 4.31 Å². The average Bonchev–Trinajstić information content (AvgIpc) is 2.30. The molecular weight excluding hydrogens is 226 g/mol. The summed E-state index contributed by atoms with van der Waals surface area (Å²) in [4.78, 5) is 0. The van der Waals surface area contributed by atoms with Gasteiger partial charge in [0.2, 0.25) is 10.0 Å². The van der Waals surface area contributed by atoms with Crippen LogP contribution in [0.15, 0.2) is 0 Å². The van der Waals surface area contributed by atoms with Crippen LogP contribution in [0.25, 0.3) is 0 Å². The van der Waals surface area contributed by atoms with E-state index >= 15 is 0 Å². The zero-order valence-corrected chi connectivity index (χ0v) is 10.5. The van der Waals surface area contributed by atoms with E-state index in [0.29, 0.717) is 32.2 Å². The van der Waals surface area contributed by atoms with Crippen LogP contribution in [0.5, 0.6) is 0 Å². The topological polar surface area (TPSA) is 46.6 Å². The van der Waals surface area contributed by atoms with Crippen LogP contribution < -0.4 is 0 Å². The molecule has 16 heavy (non-hydrogen) atoms. The van der Waals surface area contributed by atoms with Crippen LogP contribution >= 0.6 is 0 Å². The number of ether oxygens (including phenoxy) is 1. The van der Waals surface area contributed by atoms with E-state index in [4.69, 9.17) is 11.2 Å². The molecule has 0 bridgehead atoms. The third-order valence-corrected chi connectivity index (χ3v) is 4.75. The van der Waals surface area contributed by atoms with Crippen molar-refractivity contribution in [2.24, 2.45) is 5.92 Å². The standard InChI is InChI=1S/C11H19NO3S/c1-3-9-15-10-11-5-7-12(8-6-11)16(13,14)4-2/h1,11H,4-10H2,2H3. The minimum Gasteiger partial charge on any atom is -0.369 e. The average molecular weight is 245 g/mol. The molecule has 0 amide bonds. The quantitative estimate of drug-likeness (QED) is 0.529. The fourth-order valence-electron chi connectivity index (χ4n) is 1.82. The summed E-state index contributed by atoms with van der Waals surface area (Å²) >= 11 is 0. The van der Waals surface area contributed by atoms with Crippen molar-refractivity contribution in [1.29, 1.82) is 0 Å². The van der Waals surface area contributed by atoms with E-state index in [1.165, 1.54) is 0 Å². The highest BCUT2D eigenvalue weighted by atomic mass is 32.2. The number of hydrogen-bond acceptors (Lipinski definition) is 3. The monoisotopic (exact) mass is 245 g/mol. The van der Waals surface area contributed by atoms with Crippen LogP contribution in [0.3, 0.4) is 0 Å². The van der Waals surface area contributed by atoms with Crippen molar-refractivity contribution in [2.75, 3.05) is 32.1 Å². The third kappa shape index (κ3) is 3.78. The van der Waals surface area contributed by atoms with Gasteiger partial charge in [-0.3, -0.25) is 0 Å². The van der Waals surface area contributed by atoms with Gasteiger partial charge in [0, 0.05) is 13.1 Å². The zero-order valence-electron chi connectivity index (χ0n) is 9.68. The van der Waals surface area contributed by atoms with Gasteiger partial charge >= 0.3 is 0 Å². The fraction of sp³-hybridized carbons (Fsp3) is 0.818. The molecule has 0 saturated carbocycles. The molecule has 1 saturated heterocycles. The zero-order chi connectivity index (χ0) is 12.0. The van der Waals surface area contributed by atoms with E-state index in [1.807, 2.05) is 0 Å². The number of rotatable bonds is 5. The van der Waals surface area contributed by atoms with Gasteiger partial charge in [0.05, 0.1) is 12.4 Å². The molecule has 0 unspecified atom stereocenters. The minimum atomic E-state index is -3.01. The van der Waals surface area contributed by atoms with E-state index in [2.05, 4.69) is 5.92 Å². The van der Waals surface area contributed by atoms with E-state index in [9.17, 15) is 8.42 Å². The highest BCUT2D eigenvalue weighted by Gasteiger charge is 2.26. The molecule has 0 aromatic carbocycles. The van der Waals surface area contributed by atoms with E-state index in [-0.39, 0.29) is 5.75 Å². The summed E-state index contributed by atoms with van der Waals surface area (Å²) < 4.78 is 30.0. The number of terminal acetylenes is 1. The fourth-order valence-corrected chi connectivity index (χ4v) is 2.95. The molecular formula is C11H19NO3S. The molecule has 0 radical (unpaired) electrons. The van der Waals surface area contributed by atoms with Gasteiger partial charge in [-0.25, -0.2) is 12.7 Å². The Morgan fingerprint density at radius 2 is 2.06 bits per heavy atom. The minimum absolute atomic E-state index is 0.186. The first kappa shape index (κ1) is 13.5. The van der Waals surface area contributed by atoms with Crippen LogP contribution in [-0.4, -0.2) is 44.8 Å². The first-order chi connectivity index (χ1) is 7.60. The molecule has 0 atom stereocenters. The Bertz CT molecular complexity index is 337. The van der Waals surface area contributed by atoms with Crippen molar-refractivity contribution >= 4 is 10.0 Å². The molecule has 1 rings (SSSR count). The van der Waals surface area contributed by atoms with Gasteiger partial charge in [0.25, 0.3) is 0 Å². The Morgan fingerprint density at radius 3 is 2.56 bits per heavy atom. The van der Waals surface area contributed by atoms with E-state index in [0.717, 1.165) is 12.8 Å². The summed E-state index contributed by atoms with van der Waals surface area (Å²) in [6, 6.07) is 0. The predicted molar refractivity (Wildman–Crippen MR) is 63.4 cm³/mol. The van der Waals surface area contributed by atoms with Crippen LogP contribution in [0, 0.1) is 18.3 Å². The molecule has 1 fully saturated rings. The molecule has 0 aromatic rings. The first-order valence-electron chi connectivity index (χ1n) is 5.59. The number of hydrogen-bond donors (Lipinski definition) is 0. The lowest BCUT2D eigenvalue weighted by atomic mass is 9.99. The second-order valence-electron chi connectivity index (χ2n) is 3.96. The van der Waals surface area contributed by atoms with Gasteiger partial charge in [-0.1, -0.05) is 5.92 Å². The summed E-state index contributed by atoms with van der Waals surface area (Å²) in [6.45, 7) is 3.88. The van der Waals surface area contributed by atoms with Crippen LogP contribution in [-0.2, 0) is 14.8 Å². The van der Waals surface area contributed by atoms with Crippen LogP contribution in [0.1, 0.15) is 19.8 Å². The maximum atomic E-state index is 11.6. The van der Waals surface area contributed by atoms with Crippen LogP contribution in [0.2, 0.25) is 0 Å². The Balaban J connectivity index is 2.32. The summed E-state index contributed by atoms with van der Waals surface area (Å²) in [6.07, 6.45) is 6.81. The molecule has 1 heterocycles. The normalized spacial score (nSPS) is 19.5. The number of piperidine rings is 1. The molecule has 0 N–H and O–H groups in total. The van der Waals surface area contributed by atoms with E-state index < -0.39 is 10.0 Å². The molecule has 1 aliphatic rings. The summed E-state index contributed by atoms with van der Waals surface area (Å²) in [5.74, 6) is 3.05. The second-order valence-corrected chi connectivity index (χ2v) is 6.22. The molecule has 5 heteroatoms. The highest BCUT2D eigenvalue weighted by Crippen LogP contribution is 2.19. The Kier molecular flexibility index (Phi) is 5.26. The Hall–Kier alpha value is -0.570. The van der Waals surface area contributed by atoms with Gasteiger partial charge in [0.15, 0.2) is 0 Å². The van der Waals surface area contributed by atoms with Gasteiger partial charge in [-0.15, -0.1) is 6.42 Å². The molecule has 92 valence electrons. The molecule has 0 aromatic heterocycles. The van der Waals surface area contributed by atoms with Gasteiger partial charge in [-0.2, -0.15) is 0 Å². The third-order valence-electron chi connectivity index (χ3n) is 2.87. The number of sulfonamides is 1. The van der Waals surface area contributed by atoms with Crippen LogP contribution in [0.4, 0.5) is 0 Å². The van der Waals surface area contributed by atoms with Crippen molar-refractivity contribution in [3.05, 3.63) is 0 Å². The Morgan fingerprint density at radius 1 is 1.44 bits per heavy atom. The van der Waals surface area contributed by atoms with Gasteiger partial charge in [-0.05, 0) is 25.7 Å². The van der Waals surface area contributed by atoms with Crippen molar-refractivity contribution in [3.63, 3.8) is 0 Å². The molecule has 0 spiro atoms. The summed E-state index contributed by atoms with van der Waals surface area (Å²) in [5, 5.41) is 0. The second kappa shape index (κ2) is 6.24. The van der Waals surface area contributed by atoms with Gasteiger partial charge in [0.1, 0.15) is 6.61 Å². The summed E-state index contributed by atoms with van der Waals surface area (Å²) in [5.41, 5.74) is 0. The lowest BCUT2D eigenvalue weighted by Crippen LogP contribution is -2.40. The maximum Gasteiger partial charge on any atom is 0.213 e. The molecule has 4 nitrogen and oxygen atoms in total. The van der Waals surface area contributed by atoms with Crippen molar-refractivity contribution in [3.8, 4) is 12.3 Å². The molecule has 0 aliphatic carbocycles. The van der Waals surface area contributed by atoms with Gasteiger partial charge < -0.3 is 4.74 Å².